The first kappa shape index (κ1) is 16.1. The van der Waals surface area contributed by atoms with E-state index >= 15 is 0 Å². The van der Waals surface area contributed by atoms with Crippen LogP contribution >= 0.6 is 0 Å². The molecule has 22 heavy (non-hydrogen) atoms. The highest BCUT2D eigenvalue weighted by atomic mass is 19.1. The summed E-state index contributed by atoms with van der Waals surface area (Å²) in [5.41, 5.74) is 2.32. The van der Waals surface area contributed by atoms with Gasteiger partial charge in [0.05, 0.1) is 0 Å². The zero-order chi connectivity index (χ0) is 15.9. The molecule has 0 saturated heterocycles. The molecule has 0 saturated carbocycles. The number of amides is 1. The quantitative estimate of drug-likeness (QED) is 0.804. The number of nitrogens with one attached hydrogen (secondary N) is 2. The Bertz CT molecular complexity index is 642. The Labute approximate surface area is 128 Å². The van der Waals surface area contributed by atoms with Crippen molar-refractivity contribution < 1.29 is 13.6 Å². The Hall–Kier alpha value is -2.27. The molecule has 0 heterocycles. The van der Waals surface area contributed by atoms with Gasteiger partial charge in [0.25, 0.3) is 0 Å². The largest absolute Gasteiger partial charge is 0.326 e. The van der Waals surface area contributed by atoms with Crippen LogP contribution in [0.1, 0.15) is 18.1 Å². The molecule has 2 aromatic rings. The van der Waals surface area contributed by atoms with Crippen LogP contribution in [0.2, 0.25) is 0 Å². The molecule has 0 atom stereocenters. The van der Waals surface area contributed by atoms with E-state index in [9.17, 15) is 13.6 Å². The van der Waals surface area contributed by atoms with Gasteiger partial charge in [-0.2, -0.15) is 0 Å². The fourth-order valence-electron chi connectivity index (χ4n) is 2.08. The van der Waals surface area contributed by atoms with Gasteiger partial charge >= 0.3 is 0 Å². The highest BCUT2D eigenvalue weighted by Crippen LogP contribution is 2.11. The maximum absolute atomic E-state index is 13.4. The minimum absolute atomic E-state index is 0.101. The molecule has 0 aliphatic rings. The van der Waals surface area contributed by atoms with Crippen LogP contribution in [0, 0.1) is 11.6 Å². The van der Waals surface area contributed by atoms with Gasteiger partial charge in [0.15, 0.2) is 0 Å². The molecule has 2 aromatic carbocycles. The second kappa shape index (κ2) is 7.66. The summed E-state index contributed by atoms with van der Waals surface area (Å²) in [5.74, 6) is -1.21. The summed E-state index contributed by atoms with van der Waals surface area (Å²) < 4.78 is 26.2. The van der Waals surface area contributed by atoms with Crippen LogP contribution in [0.4, 0.5) is 14.5 Å². The van der Waals surface area contributed by atoms with Crippen LogP contribution in [0.15, 0.2) is 42.5 Å². The first-order valence-electron chi connectivity index (χ1n) is 7.06. The van der Waals surface area contributed by atoms with Gasteiger partial charge in [-0.3, -0.25) is 4.79 Å². The van der Waals surface area contributed by atoms with Crippen molar-refractivity contribution in [2.24, 2.45) is 0 Å². The summed E-state index contributed by atoms with van der Waals surface area (Å²) >= 11 is 0. The van der Waals surface area contributed by atoms with Crippen LogP contribution < -0.4 is 10.6 Å². The van der Waals surface area contributed by atoms with E-state index in [2.05, 4.69) is 10.6 Å². The van der Waals surface area contributed by atoms with Crippen molar-refractivity contribution in [3.8, 4) is 0 Å². The molecule has 0 aromatic heterocycles. The summed E-state index contributed by atoms with van der Waals surface area (Å²) in [6.45, 7) is 2.50. The topological polar surface area (TPSA) is 41.1 Å². The van der Waals surface area contributed by atoms with Crippen molar-refractivity contribution in [1.82, 2.24) is 5.32 Å². The summed E-state index contributed by atoms with van der Waals surface area (Å²) in [5, 5.41) is 5.83. The van der Waals surface area contributed by atoms with Crippen molar-refractivity contribution in [2.45, 2.75) is 19.9 Å². The van der Waals surface area contributed by atoms with Crippen molar-refractivity contribution in [1.29, 1.82) is 0 Å². The molecule has 5 heteroatoms. The lowest BCUT2D eigenvalue weighted by molar-refractivity contribution is -0.114. The van der Waals surface area contributed by atoms with Crippen LogP contribution in [-0.2, 0) is 17.8 Å². The van der Waals surface area contributed by atoms with E-state index in [4.69, 9.17) is 0 Å². The Morgan fingerprint density at radius 1 is 1.09 bits per heavy atom. The predicted octanol–water partition coefficient (Wildman–Crippen LogP) is 3.26. The maximum Gasteiger partial charge on any atom is 0.221 e. The standard InChI is InChI=1S/C17H18F2N2O/c1-12(22)21-16-6-2-13(3-7-16)8-9-20-11-14-4-5-15(18)10-17(14)19/h2-7,10,20H,8-9,11H2,1H3,(H,21,22). The van der Waals surface area contributed by atoms with E-state index in [0.29, 0.717) is 18.7 Å². The fraction of sp³-hybridized carbons (Fsp3) is 0.235. The summed E-state index contributed by atoms with van der Waals surface area (Å²) in [6, 6.07) is 11.1. The first-order chi connectivity index (χ1) is 10.5. The molecule has 116 valence electrons. The van der Waals surface area contributed by atoms with E-state index < -0.39 is 11.6 Å². The maximum atomic E-state index is 13.4. The van der Waals surface area contributed by atoms with Crippen molar-refractivity contribution in [2.75, 3.05) is 11.9 Å². The van der Waals surface area contributed by atoms with Gasteiger partial charge in [0.1, 0.15) is 11.6 Å². The molecule has 1 amide bonds. The van der Waals surface area contributed by atoms with Crippen molar-refractivity contribution in [3.05, 3.63) is 65.2 Å². The van der Waals surface area contributed by atoms with Gasteiger partial charge < -0.3 is 10.6 Å². The third kappa shape index (κ3) is 4.93. The average molecular weight is 304 g/mol. The molecular weight excluding hydrogens is 286 g/mol. The third-order valence-corrected chi connectivity index (χ3v) is 3.20. The Kier molecular flexibility index (Phi) is 5.61. The van der Waals surface area contributed by atoms with Crippen LogP contribution in [0.25, 0.3) is 0 Å². The highest BCUT2D eigenvalue weighted by Gasteiger charge is 2.03. The first-order valence-corrected chi connectivity index (χ1v) is 7.06. The van der Waals surface area contributed by atoms with E-state index in [-0.39, 0.29) is 5.91 Å². The third-order valence-electron chi connectivity index (χ3n) is 3.20. The molecule has 0 bridgehead atoms. The summed E-state index contributed by atoms with van der Waals surface area (Å²) in [7, 11) is 0. The van der Waals surface area contributed by atoms with Gasteiger partial charge in [-0.1, -0.05) is 18.2 Å². The number of hydrogen-bond acceptors (Lipinski definition) is 2. The number of carbonyl (C=O) groups is 1. The average Bonchev–Trinajstić information content (AvgIpc) is 2.46. The normalized spacial score (nSPS) is 10.5. The number of carbonyl (C=O) groups excluding carboxylic acids is 1. The molecule has 2 rings (SSSR count). The SMILES string of the molecule is CC(=O)Nc1ccc(CCNCc2ccc(F)cc2F)cc1. The molecule has 0 spiro atoms. The second-order valence-corrected chi connectivity index (χ2v) is 5.04. The number of benzene rings is 2. The Morgan fingerprint density at radius 2 is 1.82 bits per heavy atom. The van der Waals surface area contributed by atoms with E-state index in [1.165, 1.54) is 19.1 Å². The van der Waals surface area contributed by atoms with E-state index in [1.54, 1.807) is 0 Å². The molecule has 0 fully saturated rings. The van der Waals surface area contributed by atoms with Crippen LogP contribution in [0.5, 0.6) is 0 Å². The number of rotatable bonds is 6. The molecule has 0 aliphatic carbocycles. The van der Waals surface area contributed by atoms with Gasteiger partial charge in [-0.05, 0) is 36.7 Å². The van der Waals surface area contributed by atoms with E-state index in [1.807, 2.05) is 24.3 Å². The van der Waals surface area contributed by atoms with Gasteiger partial charge in [0, 0.05) is 30.8 Å². The van der Waals surface area contributed by atoms with Crippen LogP contribution in [-0.4, -0.2) is 12.5 Å². The van der Waals surface area contributed by atoms with Gasteiger partial charge in [0.2, 0.25) is 5.91 Å². The molecular formula is C17H18F2N2O. The number of anilines is 1. The lowest BCUT2D eigenvalue weighted by Crippen LogP contribution is -2.17. The number of hydrogen-bond donors (Lipinski definition) is 2. The fourth-order valence-corrected chi connectivity index (χ4v) is 2.08. The molecule has 0 aliphatic heterocycles. The van der Waals surface area contributed by atoms with Gasteiger partial charge in [-0.25, -0.2) is 8.78 Å². The zero-order valence-electron chi connectivity index (χ0n) is 12.3. The molecule has 2 N–H and O–H groups in total. The minimum Gasteiger partial charge on any atom is -0.326 e. The smallest absolute Gasteiger partial charge is 0.221 e. The molecule has 0 unspecified atom stereocenters. The van der Waals surface area contributed by atoms with Crippen LogP contribution in [0.3, 0.4) is 0 Å². The lowest BCUT2D eigenvalue weighted by atomic mass is 10.1. The highest BCUT2D eigenvalue weighted by molar-refractivity contribution is 5.88. The van der Waals surface area contributed by atoms with Gasteiger partial charge in [-0.15, -0.1) is 0 Å². The minimum atomic E-state index is -0.569. The van der Waals surface area contributed by atoms with Crippen molar-refractivity contribution in [3.63, 3.8) is 0 Å². The molecule has 3 nitrogen and oxygen atoms in total. The predicted molar refractivity (Wildman–Crippen MR) is 82.5 cm³/mol. The number of halogens is 2. The summed E-state index contributed by atoms with van der Waals surface area (Å²) in [4.78, 5) is 10.9. The van der Waals surface area contributed by atoms with Crippen molar-refractivity contribution >= 4 is 11.6 Å². The van der Waals surface area contributed by atoms with E-state index in [0.717, 1.165) is 23.7 Å². The lowest BCUT2D eigenvalue weighted by Gasteiger charge is -2.07. The monoisotopic (exact) mass is 304 g/mol. The summed E-state index contributed by atoms with van der Waals surface area (Å²) in [6.07, 6.45) is 0.781. The molecule has 0 radical (unpaired) electrons. The second-order valence-electron chi connectivity index (χ2n) is 5.04. The zero-order valence-corrected chi connectivity index (χ0v) is 12.3. The Morgan fingerprint density at radius 3 is 2.45 bits per heavy atom. The Balaban J connectivity index is 1.77.